The maximum Gasteiger partial charge on any atom is 0.254 e. The third-order valence-electron chi connectivity index (χ3n) is 5.30. The van der Waals surface area contributed by atoms with Gasteiger partial charge < -0.3 is 29.7 Å². The average molecular weight is 399 g/mol. The minimum absolute atomic E-state index is 0.00193. The average Bonchev–Trinajstić information content (AvgIpc) is 3.23. The van der Waals surface area contributed by atoms with Crippen LogP contribution in [0.5, 0.6) is 23.0 Å². The van der Waals surface area contributed by atoms with E-state index in [2.05, 4.69) is 4.90 Å². The molecule has 1 aliphatic heterocycles. The molecule has 3 rings (SSSR count). The molecule has 0 bridgehead atoms. The SMILES string of the molecule is COc1cc(Oc2cc(C(=O)N3CCC(N(C)C)C3)ccc2OC)ccc1CN. The second-order valence-electron chi connectivity index (χ2n) is 7.30. The summed E-state index contributed by atoms with van der Waals surface area (Å²) in [5.41, 5.74) is 7.19. The Morgan fingerprint density at radius 3 is 2.48 bits per heavy atom. The number of benzene rings is 2. The minimum Gasteiger partial charge on any atom is -0.496 e. The van der Waals surface area contributed by atoms with Gasteiger partial charge in [0.1, 0.15) is 11.5 Å². The highest BCUT2D eigenvalue weighted by Gasteiger charge is 2.28. The molecule has 2 aromatic rings. The molecule has 0 aromatic heterocycles. The molecule has 1 saturated heterocycles. The van der Waals surface area contributed by atoms with Crippen molar-refractivity contribution in [2.24, 2.45) is 5.73 Å². The van der Waals surface area contributed by atoms with E-state index in [9.17, 15) is 4.79 Å². The summed E-state index contributed by atoms with van der Waals surface area (Å²) < 4.78 is 16.8. The van der Waals surface area contributed by atoms with Gasteiger partial charge in [0.25, 0.3) is 5.91 Å². The molecule has 1 heterocycles. The van der Waals surface area contributed by atoms with E-state index in [-0.39, 0.29) is 5.91 Å². The first-order valence-electron chi connectivity index (χ1n) is 9.65. The van der Waals surface area contributed by atoms with Crippen molar-refractivity contribution >= 4 is 5.91 Å². The number of likely N-dealkylation sites (N-methyl/N-ethyl adjacent to an activating group) is 1. The van der Waals surface area contributed by atoms with Gasteiger partial charge in [-0.2, -0.15) is 0 Å². The normalized spacial score (nSPS) is 16.2. The van der Waals surface area contributed by atoms with Crippen LogP contribution in [0, 0.1) is 0 Å². The fraction of sp³-hybridized carbons (Fsp3) is 0.409. The Kier molecular flexibility index (Phi) is 6.61. The molecule has 29 heavy (non-hydrogen) atoms. The Morgan fingerprint density at radius 2 is 1.86 bits per heavy atom. The van der Waals surface area contributed by atoms with Crippen LogP contribution in [-0.4, -0.2) is 63.2 Å². The van der Waals surface area contributed by atoms with Crippen LogP contribution in [0.15, 0.2) is 36.4 Å². The molecule has 1 amide bonds. The standard InChI is InChI=1S/C22H29N3O4/c1-24(2)17-9-10-25(14-17)22(26)15-6-8-19(27-3)21(11-15)29-18-7-5-16(13-23)20(12-18)28-4/h5-8,11-12,17H,9-10,13-14,23H2,1-4H3. The Balaban J connectivity index is 1.83. The molecule has 1 unspecified atom stereocenters. The van der Waals surface area contributed by atoms with E-state index >= 15 is 0 Å². The molecular formula is C22H29N3O4. The molecule has 1 fully saturated rings. The van der Waals surface area contributed by atoms with Gasteiger partial charge in [-0.1, -0.05) is 6.07 Å². The molecule has 156 valence electrons. The lowest BCUT2D eigenvalue weighted by Crippen LogP contribution is -2.34. The van der Waals surface area contributed by atoms with E-state index in [4.69, 9.17) is 19.9 Å². The van der Waals surface area contributed by atoms with Crippen molar-refractivity contribution in [2.75, 3.05) is 41.4 Å². The fourth-order valence-electron chi connectivity index (χ4n) is 3.50. The number of rotatable bonds is 7. The number of carbonyl (C=O) groups is 1. The zero-order chi connectivity index (χ0) is 21.0. The smallest absolute Gasteiger partial charge is 0.254 e. The first-order valence-corrected chi connectivity index (χ1v) is 9.65. The molecule has 2 aromatic carbocycles. The number of amides is 1. The van der Waals surface area contributed by atoms with Crippen molar-refractivity contribution in [3.63, 3.8) is 0 Å². The van der Waals surface area contributed by atoms with E-state index in [0.717, 1.165) is 25.1 Å². The van der Waals surface area contributed by atoms with E-state index in [1.54, 1.807) is 38.5 Å². The Labute approximate surface area is 171 Å². The van der Waals surface area contributed by atoms with Gasteiger partial charge in [-0.05, 0) is 44.8 Å². The zero-order valence-corrected chi connectivity index (χ0v) is 17.5. The number of nitrogens with zero attached hydrogens (tertiary/aromatic N) is 2. The van der Waals surface area contributed by atoms with Gasteiger partial charge in [0.15, 0.2) is 11.5 Å². The first kappa shape index (κ1) is 21.0. The highest BCUT2D eigenvalue weighted by atomic mass is 16.5. The van der Waals surface area contributed by atoms with Gasteiger partial charge in [-0.15, -0.1) is 0 Å². The summed E-state index contributed by atoms with van der Waals surface area (Å²) >= 11 is 0. The molecule has 0 saturated carbocycles. The third kappa shape index (κ3) is 4.63. The lowest BCUT2D eigenvalue weighted by Gasteiger charge is -2.21. The first-order chi connectivity index (χ1) is 14.0. The predicted molar refractivity (Wildman–Crippen MR) is 112 cm³/mol. The number of nitrogens with two attached hydrogens (primary N) is 1. The van der Waals surface area contributed by atoms with Crippen LogP contribution in [0.25, 0.3) is 0 Å². The third-order valence-corrected chi connectivity index (χ3v) is 5.30. The van der Waals surface area contributed by atoms with Crippen LogP contribution in [0.1, 0.15) is 22.3 Å². The van der Waals surface area contributed by atoms with E-state index in [0.29, 0.717) is 41.1 Å². The molecule has 0 spiro atoms. The van der Waals surface area contributed by atoms with Crippen LogP contribution >= 0.6 is 0 Å². The van der Waals surface area contributed by atoms with Gasteiger partial charge in [-0.3, -0.25) is 4.79 Å². The van der Waals surface area contributed by atoms with Gasteiger partial charge in [0.2, 0.25) is 0 Å². The molecule has 2 N–H and O–H groups in total. The van der Waals surface area contributed by atoms with Crippen LogP contribution in [-0.2, 0) is 6.54 Å². The van der Waals surface area contributed by atoms with Gasteiger partial charge in [-0.25, -0.2) is 0 Å². The van der Waals surface area contributed by atoms with E-state index in [1.165, 1.54) is 0 Å². The number of hydrogen-bond donors (Lipinski definition) is 1. The van der Waals surface area contributed by atoms with Crippen molar-refractivity contribution in [1.29, 1.82) is 0 Å². The van der Waals surface area contributed by atoms with E-state index in [1.807, 2.05) is 31.1 Å². The van der Waals surface area contributed by atoms with Crippen LogP contribution in [0.3, 0.4) is 0 Å². The summed E-state index contributed by atoms with van der Waals surface area (Å²) in [5.74, 6) is 2.26. The molecule has 0 radical (unpaired) electrons. The number of ether oxygens (including phenoxy) is 3. The highest BCUT2D eigenvalue weighted by Crippen LogP contribution is 2.35. The quantitative estimate of drug-likeness (QED) is 0.771. The fourth-order valence-corrected chi connectivity index (χ4v) is 3.50. The van der Waals surface area contributed by atoms with E-state index < -0.39 is 0 Å². The monoisotopic (exact) mass is 399 g/mol. The summed E-state index contributed by atoms with van der Waals surface area (Å²) in [5, 5.41) is 0. The molecule has 1 aliphatic rings. The molecular weight excluding hydrogens is 370 g/mol. The summed E-state index contributed by atoms with van der Waals surface area (Å²) in [6.45, 7) is 1.86. The largest absolute Gasteiger partial charge is 0.496 e. The Morgan fingerprint density at radius 1 is 1.10 bits per heavy atom. The summed E-state index contributed by atoms with van der Waals surface area (Å²) in [6.07, 6.45) is 0.978. The second kappa shape index (κ2) is 9.15. The van der Waals surface area contributed by atoms with Crippen molar-refractivity contribution in [2.45, 2.75) is 19.0 Å². The van der Waals surface area contributed by atoms with Crippen LogP contribution < -0.4 is 19.9 Å². The van der Waals surface area contributed by atoms with Crippen molar-refractivity contribution in [3.05, 3.63) is 47.5 Å². The Hall–Kier alpha value is -2.77. The lowest BCUT2D eigenvalue weighted by atomic mass is 10.1. The summed E-state index contributed by atoms with van der Waals surface area (Å²) in [6, 6.07) is 11.1. The van der Waals surface area contributed by atoms with Crippen LogP contribution in [0.4, 0.5) is 0 Å². The van der Waals surface area contributed by atoms with Gasteiger partial charge in [0.05, 0.1) is 14.2 Å². The van der Waals surface area contributed by atoms with Gasteiger partial charge in [0, 0.05) is 42.9 Å². The Bertz CT molecular complexity index is 869. The summed E-state index contributed by atoms with van der Waals surface area (Å²) in [4.78, 5) is 17.0. The van der Waals surface area contributed by atoms with Crippen LogP contribution in [0.2, 0.25) is 0 Å². The van der Waals surface area contributed by atoms with Gasteiger partial charge >= 0.3 is 0 Å². The number of hydrogen-bond acceptors (Lipinski definition) is 6. The second-order valence-corrected chi connectivity index (χ2v) is 7.30. The van der Waals surface area contributed by atoms with Crippen molar-refractivity contribution < 1.29 is 19.0 Å². The zero-order valence-electron chi connectivity index (χ0n) is 17.5. The molecule has 7 heteroatoms. The lowest BCUT2D eigenvalue weighted by molar-refractivity contribution is 0.0782. The topological polar surface area (TPSA) is 77.3 Å². The van der Waals surface area contributed by atoms with Crippen molar-refractivity contribution in [1.82, 2.24) is 9.80 Å². The maximum atomic E-state index is 13.0. The van der Waals surface area contributed by atoms with Crippen molar-refractivity contribution in [3.8, 4) is 23.0 Å². The maximum absolute atomic E-state index is 13.0. The highest BCUT2D eigenvalue weighted by molar-refractivity contribution is 5.95. The molecule has 0 aliphatic carbocycles. The molecule has 7 nitrogen and oxygen atoms in total. The number of methoxy groups -OCH3 is 2. The molecule has 1 atom stereocenters. The number of carbonyl (C=O) groups excluding carboxylic acids is 1. The number of likely N-dealkylation sites (tertiary alicyclic amines) is 1. The minimum atomic E-state index is -0.00193. The summed E-state index contributed by atoms with van der Waals surface area (Å²) in [7, 11) is 7.25. The predicted octanol–water partition coefficient (Wildman–Crippen LogP) is 2.73.